The van der Waals surface area contributed by atoms with Gasteiger partial charge >= 0.3 is 0 Å². The van der Waals surface area contributed by atoms with Gasteiger partial charge in [-0.15, -0.1) is 7.92 Å². The van der Waals surface area contributed by atoms with Crippen molar-refractivity contribution >= 4 is 18.0 Å². The van der Waals surface area contributed by atoms with Gasteiger partial charge in [-0.2, -0.15) is 8.42 Å². The van der Waals surface area contributed by atoms with Crippen molar-refractivity contribution in [3.8, 4) is 0 Å². The smallest absolute Gasteiger partial charge is 0.264 e. The van der Waals surface area contributed by atoms with E-state index in [1.165, 1.54) is 122 Å². The van der Waals surface area contributed by atoms with E-state index in [0.29, 0.717) is 7.92 Å². The van der Waals surface area contributed by atoms with E-state index in [0.717, 1.165) is 0 Å². The minimum absolute atomic E-state index is 0. The first kappa shape index (κ1) is 36.9. The lowest BCUT2D eigenvalue weighted by Crippen LogP contribution is -1.97. The second kappa shape index (κ2) is 29.3. The average molecular weight is 498 g/mol. The third-order valence-electron chi connectivity index (χ3n) is 5.85. The Morgan fingerprint density at radius 1 is 0.500 bits per heavy atom. The van der Waals surface area contributed by atoms with Crippen LogP contribution < -0.4 is 6.15 Å². The van der Waals surface area contributed by atoms with Crippen molar-refractivity contribution in [2.75, 3.05) is 24.2 Å². The number of hydrogen-bond donors (Lipinski definition) is 2. The molecule has 0 saturated carbocycles. The molecule has 0 aromatic rings. The van der Waals surface area contributed by atoms with Crippen LogP contribution in [0.25, 0.3) is 0 Å². The molecular weight excluding hydrogens is 437 g/mol. The van der Waals surface area contributed by atoms with Crippen LogP contribution in [0.15, 0.2) is 0 Å². The Bertz CT molecular complexity index is 395. The summed E-state index contributed by atoms with van der Waals surface area (Å²) in [7, 11) is -3.30. The molecule has 0 aliphatic carbocycles. The second-order valence-corrected chi connectivity index (χ2v) is 13.4. The molecule has 0 saturated heterocycles. The van der Waals surface area contributed by atoms with Crippen LogP contribution in [-0.4, -0.2) is 37.2 Å². The standard InChI is InChI=1S/C24H51P.C2H6O3S.H3N/c1-4-7-10-13-16-19-22-25(23-20-17-14-11-8-5-2)24-21-18-15-12-9-6-3;1-2-6(3,4)5;/h4-24H2,1-3H3;2H2,1H3,(H,3,4,5);1H3. The quantitative estimate of drug-likeness (QED) is 0.0884. The molecule has 0 amide bonds. The van der Waals surface area contributed by atoms with Crippen molar-refractivity contribution in [1.29, 1.82) is 0 Å². The first-order valence-corrected chi connectivity index (χ1v) is 17.1. The summed E-state index contributed by atoms with van der Waals surface area (Å²) >= 11 is 0. The lowest BCUT2D eigenvalue weighted by Gasteiger charge is -2.18. The maximum atomic E-state index is 9.56. The van der Waals surface area contributed by atoms with E-state index in [2.05, 4.69) is 20.8 Å². The molecule has 0 bridgehead atoms. The molecule has 0 rings (SSSR count). The highest BCUT2D eigenvalue weighted by atomic mass is 32.2. The van der Waals surface area contributed by atoms with E-state index in [1.54, 1.807) is 18.5 Å². The van der Waals surface area contributed by atoms with Crippen LogP contribution >= 0.6 is 7.92 Å². The van der Waals surface area contributed by atoms with Crippen LogP contribution in [-0.2, 0) is 10.1 Å². The molecule has 4 N–H and O–H groups in total. The van der Waals surface area contributed by atoms with Gasteiger partial charge in [0.25, 0.3) is 10.1 Å². The highest BCUT2D eigenvalue weighted by Crippen LogP contribution is 2.39. The summed E-state index contributed by atoms with van der Waals surface area (Å²) in [6.45, 7) is 8.33. The van der Waals surface area contributed by atoms with Crippen LogP contribution in [0.1, 0.15) is 143 Å². The van der Waals surface area contributed by atoms with E-state index in [4.69, 9.17) is 4.55 Å². The summed E-state index contributed by atoms with van der Waals surface area (Å²) < 4.78 is 26.9. The van der Waals surface area contributed by atoms with Crippen LogP contribution in [0.4, 0.5) is 0 Å². The molecule has 0 radical (unpaired) electrons. The molecule has 4 nitrogen and oxygen atoms in total. The molecule has 0 atom stereocenters. The molecule has 6 heteroatoms. The maximum absolute atomic E-state index is 9.56. The highest BCUT2D eigenvalue weighted by Gasteiger charge is 2.07. The molecule has 0 unspecified atom stereocenters. The van der Waals surface area contributed by atoms with Crippen molar-refractivity contribution in [2.45, 2.75) is 143 Å². The molecule has 0 heterocycles. The Labute approximate surface area is 204 Å². The third kappa shape index (κ3) is 34.9. The highest BCUT2D eigenvalue weighted by molar-refractivity contribution is 7.85. The van der Waals surface area contributed by atoms with Gasteiger partial charge in [0.15, 0.2) is 0 Å². The summed E-state index contributed by atoms with van der Waals surface area (Å²) in [6.07, 6.45) is 31.2. The van der Waals surface area contributed by atoms with Crippen molar-refractivity contribution in [1.82, 2.24) is 6.15 Å². The zero-order valence-corrected chi connectivity index (χ0v) is 24.1. The van der Waals surface area contributed by atoms with E-state index in [1.807, 2.05) is 0 Å². The fraction of sp³-hybridized carbons (Fsp3) is 1.00. The van der Waals surface area contributed by atoms with Crippen LogP contribution in [0.5, 0.6) is 0 Å². The largest absolute Gasteiger partial charge is 0.344 e. The van der Waals surface area contributed by atoms with Gasteiger partial charge in [-0.1, -0.05) is 117 Å². The van der Waals surface area contributed by atoms with Gasteiger partial charge in [0.2, 0.25) is 0 Å². The summed E-state index contributed by atoms with van der Waals surface area (Å²) in [4.78, 5) is 0. The molecule has 0 aromatic carbocycles. The predicted molar refractivity (Wildman–Crippen MR) is 149 cm³/mol. The van der Waals surface area contributed by atoms with E-state index >= 15 is 0 Å². The maximum Gasteiger partial charge on any atom is 0.264 e. The Morgan fingerprint density at radius 2 is 0.719 bits per heavy atom. The fourth-order valence-electron chi connectivity index (χ4n) is 3.68. The lowest BCUT2D eigenvalue weighted by molar-refractivity contribution is 0.484. The van der Waals surface area contributed by atoms with E-state index in [9.17, 15) is 8.42 Å². The van der Waals surface area contributed by atoms with Crippen molar-refractivity contribution in [3.63, 3.8) is 0 Å². The molecule has 0 spiro atoms. The first-order valence-electron chi connectivity index (χ1n) is 13.6. The Hall–Kier alpha value is 0.300. The van der Waals surface area contributed by atoms with Gasteiger partial charge in [0.1, 0.15) is 0 Å². The number of hydrogen-bond acceptors (Lipinski definition) is 3. The fourth-order valence-corrected chi connectivity index (χ4v) is 6.37. The minimum atomic E-state index is -3.66. The molecule has 0 aromatic heterocycles. The monoisotopic (exact) mass is 497 g/mol. The van der Waals surface area contributed by atoms with Gasteiger partial charge < -0.3 is 6.15 Å². The molecule has 0 fully saturated rings. The predicted octanol–water partition coefficient (Wildman–Crippen LogP) is 9.61. The van der Waals surface area contributed by atoms with E-state index in [-0.39, 0.29) is 11.9 Å². The Balaban J connectivity index is -0.00000105. The Kier molecular flexibility index (Phi) is 33.8. The third-order valence-corrected chi connectivity index (χ3v) is 9.42. The van der Waals surface area contributed by atoms with Gasteiger partial charge in [0.05, 0.1) is 5.75 Å². The van der Waals surface area contributed by atoms with Crippen molar-refractivity contribution in [2.24, 2.45) is 0 Å². The van der Waals surface area contributed by atoms with Crippen LogP contribution in [0.2, 0.25) is 0 Å². The van der Waals surface area contributed by atoms with Crippen molar-refractivity contribution < 1.29 is 13.0 Å². The zero-order valence-electron chi connectivity index (χ0n) is 22.4. The number of rotatable bonds is 22. The molecule has 198 valence electrons. The first-order chi connectivity index (χ1) is 14.9. The summed E-state index contributed by atoms with van der Waals surface area (Å²) in [5, 5.41) is 0. The average Bonchev–Trinajstić information content (AvgIpc) is 2.74. The van der Waals surface area contributed by atoms with Gasteiger partial charge in [-0.3, -0.25) is 4.55 Å². The topological polar surface area (TPSA) is 89.4 Å². The zero-order chi connectivity index (χ0) is 23.6. The molecule has 32 heavy (non-hydrogen) atoms. The lowest BCUT2D eigenvalue weighted by atomic mass is 10.1. The molecule has 0 aliphatic heterocycles. The summed E-state index contributed by atoms with van der Waals surface area (Å²) in [5.74, 6) is -0.201. The molecule has 0 aliphatic rings. The van der Waals surface area contributed by atoms with Crippen LogP contribution in [0, 0.1) is 0 Å². The normalized spacial score (nSPS) is 11.2. The SMILES string of the molecule is CCCCCCCCP(CCCCCCCC)CCCCCCCC.CCS(=O)(=O)O.N. The van der Waals surface area contributed by atoms with Crippen molar-refractivity contribution in [3.05, 3.63) is 0 Å². The number of unbranched alkanes of at least 4 members (excludes halogenated alkanes) is 15. The summed E-state index contributed by atoms with van der Waals surface area (Å²) in [6, 6.07) is 0. The van der Waals surface area contributed by atoms with Crippen LogP contribution in [0.3, 0.4) is 0 Å². The summed E-state index contributed by atoms with van der Waals surface area (Å²) in [5.41, 5.74) is 0. The Morgan fingerprint density at radius 3 is 0.938 bits per heavy atom. The second-order valence-electron chi connectivity index (χ2n) is 9.02. The van der Waals surface area contributed by atoms with Gasteiger partial charge in [-0.25, -0.2) is 0 Å². The van der Waals surface area contributed by atoms with Gasteiger partial charge in [-0.05, 0) is 44.7 Å². The molecular formula is C26H60NO3PS. The van der Waals surface area contributed by atoms with E-state index < -0.39 is 10.1 Å². The minimum Gasteiger partial charge on any atom is -0.344 e. The van der Waals surface area contributed by atoms with Gasteiger partial charge in [0, 0.05) is 0 Å².